The van der Waals surface area contributed by atoms with E-state index in [1.165, 1.54) is 20.4 Å². The molecule has 1 unspecified atom stereocenters. The standard InChI is InChI=1S/C13H16N2O5/c1-18-12(16)9-3-4-14-11(7-9)15-5-6-20-10(8-15)13(17)19-2/h3-4,7,10H,5-6,8H2,1-2H3. The maximum absolute atomic E-state index is 11.5. The van der Waals surface area contributed by atoms with Gasteiger partial charge in [-0.2, -0.15) is 0 Å². The monoisotopic (exact) mass is 280 g/mol. The van der Waals surface area contributed by atoms with Gasteiger partial charge in [0.1, 0.15) is 5.82 Å². The number of nitrogens with zero attached hydrogens (tertiary/aromatic N) is 2. The lowest BCUT2D eigenvalue weighted by Crippen LogP contribution is -2.46. The van der Waals surface area contributed by atoms with E-state index in [0.29, 0.717) is 31.1 Å². The minimum Gasteiger partial charge on any atom is -0.467 e. The number of esters is 2. The summed E-state index contributed by atoms with van der Waals surface area (Å²) >= 11 is 0. The highest BCUT2D eigenvalue weighted by atomic mass is 16.6. The number of carbonyl (C=O) groups excluding carboxylic acids is 2. The van der Waals surface area contributed by atoms with E-state index >= 15 is 0 Å². The number of anilines is 1. The molecule has 108 valence electrons. The van der Waals surface area contributed by atoms with Gasteiger partial charge in [-0.3, -0.25) is 0 Å². The van der Waals surface area contributed by atoms with Crippen LogP contribution in [0.4, 0.5) is 5.82 Å². The number of rotatable bonds is 3. The predicted molar refractivity (Wildman–Crippen MR) is 69.5 cm³/mol. The molecule has 0 bridgehead atoms. The second kappa shape index (κ2) is 6.33. The summed E-state index contributed by atoms with van der Waals surface area (Å²) < 4.78 is 14.7. The number of hydrogen-bond donors (Lipinski definition) is 0. The van der Waals surface area contributed by atoms with Crippen molar-refractivity contribution in [2.45, 2.75) is 6.10 Å². The lowest BCUT2D eigenvalue weighted by Gasteiger charge is -2.32. The second-order valence-corrected chi connectivity index (χ2v) is 4.22. The molecule has 7 nitrogen and oxygen atoms in total. The molecule has 0 radical (unpaired) electrons. The van der Waals surface area contributed by atoms with Gasteiger partial charge in [0, 0.05) is 12.7 Å². The van der Waals surface area contributed by atoms with Crippen molar-refractivity contribution in [3.05, 3.63) is 23.9 Å². The van der Waals surface area contributed by atoms with Crippen LogP contribution >= 0.6 is 0 Å². The van der Waals surface area contributed by atoms with E-state index in [4.69, 9.17) is 4.74 Å². The number of methoxy groups -OCH3 is 2. The van der Waals surface area contributed by atoms with E-state index in [9.17, 15) is 9.59 Å². The molecule has 0 saturated carbocycles. The number of hydrogen-bond acceptors (Lipinski definition) is 7. The molecule has 1 fully saturated rings. The maximum atomic E-state index is 11.5. The molecule has 0 amide bonds. The Kier molecular flexibility index (Phi) is 4.52. The Bertz CT molecular complexity index is 505. The van der Waals surface area contributed by atoms with Gasteiger partial charge >= 0.3 is 11.9 Å². The topological polar surface area (TPSA) is 78.0 Å². The molecular formula is C13H16N2O5. The number of morpholine rings is 1. The predicted octanol–water partition coefficient (Wildman–Crippen LogP) is 0.246. The SMILES string of the molecule is COC(=O)c1ccnc(N2CCOC(C(=O)OC)C2)c1. The van der Waals surface area contributed by atoms with Crippen LogP contribution in [0.3, 0.4) is 0 Å². The Morgan fingerprint density at radius 1 is 1.40 bits per heavy atom. The minimum absolute atomic E-state index is 0.338. The summed E-state index contributed by atoms with van der Waals surface area (Å²) in [6.45, 7) is 1.32. The zero-order valence-corrected chi connectivity index (χ0v) is 11.4. The summed E-state index contributed by atoms with van der Waals surface area (Å²) in [4.78, 5) is 29.1. The van der Waals surface area contributed by atoms with Crippen LogP contribution in [-0.4, -0.2) is 56.9 Å². The first-order chi connectivity index (χ1) is 9.65. The van der Waals surface area contributed by atoms with Crippen LogP contribution in [-0.2, 0) is 19.0 Å². The number of carbonyl (C=O) groups is 2. The van der Waals surface area contributed by atoms with Crippen LogP contribution in [0.5, 0.6) is 0 Å². The van der Waals surface area contributed by atoms with Crippen molar-refractivity contribution in [3.8, 4) is 0 Å². The van der Waals surface area contributed by atoms with Gasteiger partial charge in [0.15, 0.2) is 6.10 Å². The van der Waals surface area contributed by atoms with Gasteiger partial charge in [-0.05, 0) is 12.1 Å². The Morgan fingerprint density at radius 2 is 2.20 bits per heavy atom. The van der Waals surface area contributed by atoms with E-state index in [2.05, 4.69) is 14.5 Å². The number of pyridine rings is 1. The summed E-state index contributed by atoms with van der Waals surface area (Å²) in [5.41, 5.74) is 0.415. The number of ether oxygens (including phenoxy) is 3. The average Bonchev–Trinajstić information content (AvgIpc) is 2.53. The zero-order chi connectivity index (χ0) is 14.5. The molecule has 0 aliphatic carbocycles. The van der Waals surface area contributed by atoms with Crippen LogP contribution in [0.25, 0.3) is 0 Å². The minimum atomic E-state index is -0.641. The fourth-order valence-corrected chi connectivity index (χ4v) is 1.97. The third kappa shape index (κ3) is 3.05. The average molecular weight is 280 g/mol. The van der Waals surface area contributed by atoms with Gasteiger partial charge in [-0.15, -0.1) is 0 Å². The third-order valence-electron chi connectivity index (χ3n) is 3.02. The van der Waals surface area contributed by atoms with Crippen LogP contribution < -0.4 is 4.90 Å². The molecule has 2 rings (SSSR count). The van der Waals surface area contributed by atoms with Crippen molar-refractivity contribution in [1.29, 1.82) is 0 Å². The Morgan fingerprint density at radius 3 is 2.90 bits per heavy atom. The molecule has 1 aliphatic rings. The summed E-state index contributed by atoms with van der Waals surface area (Å²) in [6, 6.07) is 3.21. The first-order valence-corrected chi connectivity index (χ1v) is 6.14. The lowest BCUT2D eigenvalue weighted by atomic mass is 10.2. The van der Waals surface area contributed by atoms with Crippen molar-refractivity contribution < 1.29 is 23.8 Å². The zero-order valence-electron chi connectivity index (χ0n) is 11.4. The first kappa shape index (κ1) is 14.3. The van der Waals surface area contributed by atoms with Gasteiger partial charge in [-0.25, -0.2) is 14.6 Å². The molecule has 0 N–H and O–H groups in total. The summed E-state index contributed by atoms with van der Waals surface area (Å²) in [5.74, 6) is -0.240. The Balaban J connectivity index is 2.14. The van der Waals surface area contributed by atoms with E-state index in [-0.39, 0.29) is 0 Å². The highest BCUT2D eigenvalue weighted by Gasteiger charge is 2.28. The lowest BCUT2D eigenvalue weighted by molar-refractivity contribution is -0.154. The Labute approximate surface area is 116 Å². The number of aromatic nitrogens is 1. The van der Waals surface area contributed by atoms with Crippen LogP contribution in [0.15, 0.2) is 18.3 Å². The maximum Gasteiger partial charge on any atom is 0.338 e. The van der Waals surface area contributed by atoms with Gasteiger partial charge in [-0.1, -0.05) is 0 Å². The van der Waals surface area contributed by atoms with Crippen molar-refractivity contribution in [2.75, 3.05) is 38.8 Å². The molecular weight excluding hydrogens is 264 g/mol. The Hall–Kier alpha value is -2.15. The van der Waals surface area contributed by atoms with E-state index < -0.39 is 18.0 Å². The molecule has 20 heavy (non-hydrogen) atoms. The molecule has 1 aromatic rings. The van der Waals surface area contributed by atoms with E-state index in [0.717, 1.165) is 0 Å². The molecule has 0 aromatic carbocycles. The van der Waals surface area contributed by atoms with Crippen LogP contribution in [0.2, 0.25) is 0 Å². The third-order valence-corrected chi connectivity index (χ3v) is 3.02. The van der Waals surface area contributed by atoms with E-state index in [1.54, 1.807) is 12.1 Å². The summed E-state index contributed by atoms with van der Waals surface area (Å²) in [7, 11) is 2.64. The molecule has 7 heteroatoms. The van der Waals surface area contributed by atoms with Crippen molar-refractivity contribution in [1.82, 2.24) is 4.98 Å². The highest BCUT2D eigenvalue weighted by Crippen LogP contribution is 2.17. The van der Waals surface area contributed by atoms with Gasteiger partial charge in [0.25, 0.3) is 0 Å². The van der Waals surface area contributed by atoms with Crippen molar-refractivity contribution in [2.24, 2.45) is 0 Å². The smallest absolute Gasteiger partial charge is 0.338 e. The van der Waals surface area contributed by atoms with Gasteiger partial charge in [0.2, 0.25) is 0 Å². The van der Waals surface area contributed by atoms with Crippen LogP contribution in [0.1, 0.15) is 10.4 Å². The second-order valence-electron chi connectivity index (χ2n) is 4.22. The molecule has 1 aliphatic heterocycles. The largest absolute Gasteiger partial charge is 0.467 e. The fraction of sp³-hybridized carbons (Fsp3) is 0.462. The van der Waals surface area contributed by atoms with Crippen molar-refractivity contribution >= 4 is 17.8 Å². The molecule has 0 spiro atoms. The normalized spacial score (nSPS) is 18.5. The molecule has 1 atom stereocenters. The molecule has 1 aromatic heterocycles. The highest BCUT2D eigenvalue weighted by molar-refractivity contribution is 5.90. The van der Waals surface area contributed by atoms with E-state index in [1.807, 2.05) is 4.90 Å². The van der Waals surface area contributed by atoms with Gasteiger partial charge < -0.3 is 19.1 Å². The molecule has 1 saturated heterocycles. The summed E-state index contributed by atoms with van der Waals surface area (Å²) in [5, 5.41) is 0. The molecule has 2 heterocycles. The van der Waals surface area contributed by atoms with Crippen molar-refractivity contribution in [3.63, 3.8) is 0 Å². The van der Waals surface area contributed by atoms with Gasteiger partial charge in [0.05, 0.1) is 32.9 Å². The first-order valence-electron chi connectivity index (χ1n) is 6.14. The van der Waals surface area contributed by atoms with Crippen LogP contribution in [0, 0.1) is 0 Å². The fourth-order valence-electron chi connectivity index (χ4n) is 1.97. The quantitative estimate of drug-likeness (QED) is 0.734. The summed E-state index contributed by atoms with van der Waals surface area (Å²) in [6.07, 6.45) is 0.891.